The standard InChI is InChI=1S/C69H86N16O11/c1-39(2)26-54(79-61(87)50(71)27-41-14-6-5-7-15-41)63(89)83-58(31-45-35-72-37-76-45)66(92)78-53(20-12-13-25-70)62(88)81-56(29-43-33-74-51-18-10-8-16-48(43)51)65(91)84-59(32-46-36-73-38-77-46)67(93)82-57(30-44-34-75-52-19-11-9-17-49(44)52)64(90)80-55(28-42-21-23-47(86)24-22-42)68(94)85-60(40(3)4)69(95)96/h5-11,14-19,21-24,33-40,50,53-60,74-75,86H,12-13,20,25-32,70-71H2,1-4H3,(H,72,76)(H,73,77)(H,78,92)(H,79,87)(H,80,90)(H,81,88)(H,82,93)(H,83,89)(H,84,91)(H,85,94)(H,95,96). The number of unbranched alkanes of at least 4 members (excludes halogenated alkanes) is 1. The summed E-state index contributed by atoms with van der Waals surface area (Å²) in [7, 11) is 0. The number of benzene rings is 4. The highest BCUT2D eigenvalue weighted by Crippen LogP contribution is 2.23. The topological polar surface area (TPSA) is 431 Å². The first-order valence-electron chi connectivity index (χ1n) is 32.1. The van der Waals surface area contributed by atoms with Crippen LogP contribution in [0.1, 0.15) is 87.0 Å². The zero-order valence-electron chi connectivity index (χ0n) is 54.0. The van der Waals surface area contributed by atoms with Crippen LogP contribution in [-0.4, -0.2) is 154 Å². The number of phenols is 1. The summed E-state index contributed by atoms with van der Waals surface area (Å²) < 4.78 is 0. The van der Waals surface area contributed by atoms with E-state index in [1.807, 2.05) is 86.6 Å². The number of aromatic nitrogens is 6. The molecule has 4 aromatic carbocycles. The SMILES string of the molecule is CC(C)CC(NC(=O)C(N)Cc1ccccc1)C(=O)NC(Cc1cnc[nH]1)C(=O)NC(CCCCN)C(=O)NC(Cc1c[nH]c2ccccc12)C(=O)NC(Cc1cnc[nH]1)C(=O)NC(Cc1c[nH]c2ccccc12)C(=O)NC(Cc1ccc(O)cc1)C(=O)NC(C(=O)O)C(C)C. The molecule has 8 amide bonds. The lowest BCUT2D eigenvalue weighted by Crippen LogP contribution is -2.61. The van der Waals surface area contributed by atoms with Gasteiger partial charge in [0, 0.05) is 90.1 Å². The second-order valence-corrected chi connectivity index (χ2v) is 24.8. The number of para-hydroxylation sites is 2. The van der Waals surface area contributed by atoms with Gasteiger partial charge < -0.3 is 84.2 Å². The molecule has 508 valence electrons. The van der Waals surface area contributed by atoms with Gasteiger partial charge in [-0.15, -0.1) is 0 Å². The van der Waals surface area contributed by atoms with Crippen LogP contribution in [-0.2, 0) is 81.7 Å². The fourth-order valence-electron chi connectivity index (χ4n) is 11.3. The second-order valence-electron chi connectivity index (χ2n) is 24.8. The largest absolute Gasteiger partial charge is 0.508 e. The molecule has 0 spiro atoms. The van der Waals surface area contributed by atoms with Crippen molar-refractivity contribution in [2.75, 3.05) is 6.54 Å². The van der Waals surface area contributed by atoms with Crippen LogP contribution >= 0.6 is 0 Å². The number of phenolic OH excluding ortho intramolecular Hbond substituents is 1. The number of aromatic hydroxyl groups is 1. The molecule has 0 aliphatic heterocycles. The predicted octanol–water partition coefficient (Wildman–Crippen LogP) is 2.68. The molecule has 0 radical (unpaired) electrons. The second kappa shape index (κ2) is 34.5. The van der Waals surface area contributed by atoms with E-state index in [0.29, 0.717) is 40.9 Å². The van der Waals surface area contributed by atoms with Crippen molar-refractivity contribution in [3.63, 3.8) is 0 Å². The number of nitrogens with two attached hydrogens (primary N) is 2. The molecule has 96 heavy (non-hydrogen) atoms. The molecular formula is C69H86N16O11. The number of aliphatic carboxylic acids is 1. The van der Waals surface area contributed by atoms with Gasteiger partial charge in [0.05, 0.1) is 18.7 Å². The quantitative estimate of drug-likeness (QED) is 0.0251. The minimum absolute atomic E-state index is 0.0202. The normalized spacial score (nSPS) is 14.2. The highest BCUT2D eigenvalue weighted by Gasteiger charge is 2.37. The predicted molar refractivity (Wildman–Crippen MR) is 359 cm³/mol. The van der Waals surface area contributed by atoms with Crippen molar-refractivity contribution in [1.82, 2.24) is 72.4 Å². The smallest absolute Gasteiger partial charge is 0.326 e. The highest BCUT2D eigenvalue weighted by molar-refractivity contribution is 5.99. The molecule has 9 unspecified atom stereocenters. The maximum absolute atomic E-state index is 15.3. The van der Waals surface area contributed by atoms with Gasteiger partial charge in [0.15, 0.2) is 0 Å². The van der Waals surface area contributed by atoms with Gasteiger partial charge >= 0.3 is 5.97 Å². The number of hydrogen-bond acceptors (Lipinski definition) is 14. The third kappa shape index (κ3) is 20.4. The van der Waals surface area contributed by atoms with Crippen molar-refractivity contribution in [3.05, 3.63) is 174 Å². The number of amides is 8. The maximum atomic E-state index is 15.3. The molecule has 18 N–H and O–H groups in total. The van der Waals surface area contributed by atoms with Crippen molar-refractivity contribution in [1.29, 1.82) is 0 Å². The lowest BCUT2D eigenvalue weighted by atomic mass is 9.99. The molecule has 27 heteroatoms. The summed E-state index contributed by atoms with van der Waals surface area (Å²) in [6, 6.07) is 17.6. The lowest BCUT2D eigenvalue weighted by Gasteiger charge is -2.28. The lowest BCUT2D eigenvalue weighted by molar-refractivity contribution is -0.143. The van der Waals surface area contributed by atoms with Gasteiger partial charge in [0.1, 0.15) is 54.1 Å². The van der Waals surface area contributed by atoms with Gasteiger partial charge in [-0.3, -0.25) is 38.4 Å². The van der Waals surface area contributed by atoms with Crippen molar-refractivity contribution in [3.8, 4) is 5.75 Å². The van der Waals surface area contributed by atoms with Gasteiger partial charge in [-0.05, 0) is 97.0 Å². The van der Waals surface area contributed by atoms with Gasteiger partial charge in [-0.1, -0.05) is 107 Å². The number of imidazole rings is 2. The third-order valence-corrected chi connectivity index (χ3v) is 16.5. The Kier molecular flexibility index (Phi) is 25.6. The van der Waals surface area contributed by atoms with E-state index < -0.39 is 114 Å². The number of H-pyrrole nitrogens is 4. The Hall–Kier alpha value is -10.7. The first-order valence-corrected chi connectivity index (χ1v) is 32.1. The van der Waals surface area contributed by atoms with Crippen LogP contribution < -0.4 is 54.0 Å². The number of nitrogens with one attached hydrogen (secondary N) is 12. The summed E-state index contributed by atoms with van der Waals surface area (Å²) in [6.07, 6.45) is 9.42. The van der Waals surface area contributed by atoms with Crippen LogP contribution in [0.25, 0.3) is 21.8 Å². The average Bonchev–Trinajstić information content (AvgIpc) is 1.67. The molecule has 4 heterocycles. The van der Waals surface area contributed by atoms with Crippen molar-refractivity contribution < 1.29 is 53.4 Å². The zero-order valence-corrected chi connectivity index (χ0v) is 54.0. The van der Waals surface area contributed by atoms with Crippen LogP contribution in [0.3, 0.4) is 0 Å². The minimum atomic E-state index is -1.51. The van der Waals surface area contributed by atoms with Crippen molar-refractivity contribution in [2.45, 2.75) is 146 Å². The molecule has 27 nitrogen and oxygen atoms in total. The Labute approximate surface area is 554 Å². The first kappa shape index (κ1) is 71.2. The fourth-order valence-corrected chi connectivity index (χ4v) is 11.3. The Balaban J connectivity index is 1.08. The van der Waals surface area contributed by atoms with E-state index in [0.717, 1.165) is 27.4 Å². The molecule has 9 atom stereocenters. The summed E-state index contributed by atoms with van der Waals surface area (Å²) >= 11 is 0. The number of aromatic amines is 4. The van der Waals surface area contributed by atoms with E-state index in [9.17, 15) is 34.2 Å². The van der Waals surface area contributed by atoms with Crippen molar-refractivity contribution >= 4 is 75.0 Å². The molecule has 0 aliphatic carbocycles. The van der Waals surface area contributed by atoms with Gasteiger partial charge in [0.2, 0.25) is 47.3 Å². The third-order valence-electron chi connectivity index (χ3n) is 16.5. The number of carboxylic acid groups (broad SMARTS) is 1. The number of hydrogen-bond donors (Lipinski definition) is 16. The van der Waals surface area contributed by atoms with Crippen LogP contribution in [0.4, 0.5) is 0 Å². The van der Waals surface area contributed by atoms with Crippen molar-refractivity contribution in [2.24, 2.45) is 23.3 Å². The summed E-state index contributed by atoms with van der Waals surface area (Å²) in [5.41, 5.74) is 17.1. The van der Waals surface area contributed by atoms with Crippen LogP contribution in [0.2, 0.25) is 0 Å². The van der Waals surface area contributed by atoms with Gasteiger partial charge in [-0.2, -0.15) is 0 Å². The molecule has 0 saturated heterocycles. The van der Waals surface area contributed by atoms with E-state index in [-0.39, 0.29) is 69.6 Å². The zero-order chi connectivity index (χ0) is 68.8. The van der Waals surface area contributed by atoms with Gasteiger partial charge in [0.25, 0.3) is 0 Å². The van der Waals surface area contributed by atoms with E-state index in [4.69, 9.17) is 11.5 Å². The molecule has 0 aliphatic rings. The van der Waals surface area contributed by atoms with Crippen LogP contribution in [0.5, 0.6) is 5.75 Å². The van der Waals surface area contributed by atoms with E-state index >= 15 is 19.2 Å². The highest BCUT2D eigenvalue weighted by atomic mass is 16.4. The van der Waals surface area contributed by atoms with Crippen LogP contribution in [0, 0.1) is 11.8 Å². The minimum Gasteiger partial charge on any atom is -0.508 e. The molecule has 0 fully saturated rings. The number of fused-ring (bicyclic) bond motifs is 2. The van der Waals surface area contributed by atoms with Crippen LogP contribution in [0.15, 0.2) is 141 Å². The number of rotatable bonds is 36. The summed E-state index contributed by atoms with van der Waals surface area (Å²) in [6.45, 7) is 7.23. The monoisotopic (exact) mass is 1310 g/mol. The van der Waals surface area contributed by atoms with E-state index in [1.165, 1.54) is 37.2 Å². The Morgan fingerprint density at radius 1 is 0.458 bits per heavy atom. The molecule has 0 saturated carbocycles. The molecular weight excluding hydrogens is 1230 g/mol. The Bertz CT molecular complexity index is 3890. The molecule has 8 rings (SSSR count). The van der Waals surface area contributed by atoms with E-state index in [2.05, 4.69) is 72.4 Å². The number of carboxylic acids is 1. The maximum Gasteiger partial charge on any atom is 0.326 e. The molecule has 0 bridgehead atoms. The Morgan fingerprint density at radius 2 is 0.875 bits per heavy atom. The number of carbonyl (C=O) groups is 9. The van der Waals surface area contributed by atoms with Gasteiger partial charge in [-0.25, -0.2) is 14.8 Å². The summed E-state index contributed by atoms with van der Waals surface area (Å²) in [5, 5.41) is 43.9. The van der Waals surface area contributed by atoms with E-state index in [1.54, 1.807) is 44.4 Å². The number of carbonyl (C=O) groups excluding carboxylic acids is 8. The Morgan fingerprint density at radius 3 is 1.33 bits per heavy atom. The summed E-state index contributed by atoms with van der Waals surface area (Å²) in [5.74, 6) is -8.27. The molecule has 4 aromatic heterocycles. The summed E-state index contributed by atoms with van der Waals surface area (Å²) in [4.78, 5) is 151. The number of nitrogens with zero attached hydrogens (tertiary/aromatic N) is 2. The average molecular weight is 1320 g/mol. The fraction of sp³-hybridized carbons (Fsp3) is 0.377. The first-order chi connectivity index (χ1) is 46.1. The molecule has 8 aromatic rings.